The third-order valence-electron chi connectivity index (χ3n) is 4.82. The molecule has 0 radical (unpaired) electrons. The Balaban J connectivity index is 1.79. The Bertz CT molecular complexity index is 485. The second kappa shape index (κ2) is 3.36. The molecular weight excluding hydrogens is 256 g/mol. The summed E-state index contributed by atoms with van der Waals surface area (Å²) in [7, 11) is 0. The number of esters is 1. The molecule has 2 heterocycles. The van der Waals surface area contributed by atoms with Gasteiger partial charge in [-0.3, -0.25) is 9.59 Å². The summed E-state index contributed by atoms with van der Waals surface area (Å²) in [4.78, 5) is 23.5. The topological polar surface area (TPSA) is 52.6 Å². The second-order valence-electron chi connectivity index (χ2n) is 5.65. The molecule has 96 valence electrons. The van der Waals surface area contributed by atoms with E-state index in [4.69, 9.17) is 21.1 Å². The Morgan fingerprint density at radius 2 is 2.33 bits per heavy atom. The average molecular weight is 269 g/mol. The first-order valence-electron chi connectivity index (χ1n) is 6.31. The van der Waals surface area contributed by atoms with Crippen LogP contribution in [0.2, 0.25) is 0 Å². The summed E-state index contributed by atoms with van der Waals surface area (Å²) in [5.74, 6) is -0.134. The fourth-order valence-electron chi connectivity index (χ4n) is 4.29. The number of ether oxygens (including phenoxy) is 2. The molecule has 3 aliphatic carbocycles. The summed E-state index contributed by atoms with van der Waals surface area (Å²) >= 11 is 6.24. The molecule has 0 aromatic heterocycles. The van der Waals surface area contributed by atoms with Gasteiger partial charge in [-0.15, -0.1) is 0 Å². The lowest BCUT2D eigenvalue weighted by Gasteiger charge is -2.43. The van der Waals surface area contributed by atoms with E-state index in [1.807, 2.05) is 6.08 Å². The molecular formula is C13H13ClO4. The zero-order chi connectivity index (χ0) is 12.6. The molecule has 5 aliphatic rings. The molecule has 0 amide bonds. The molecule has 7 unspecified atom stereocenters. The Morgan fingerprint density at radius 3 is 3.06 bits per heavy atom. The van der Waals surface area contributed by atoms with Crippen molar-refractivity contribution in [3.05, 3.63) is 11.1 Å². The van der Waals surface area contributed by atoms with Gasteiger partial charge in [-0.1, -0.05) is 17.7 Å². The molecule has 2 saturated heterocycles. The van der Waals surface area contributed by atoms with Gasteiger partial charge in [-0.25, -0.2) is 0 Å². The van der Waals surface area contributed by atoms with Gasteiger partial charge in [-0.05, 0) is 6.42 Å². The molecule has 0 aromatic carbocycles. The molecule has 2 saturated carbocycles. The summed E-state index contributed by atoms with van der Waals surface area (Å²) in [5, 5.41) is 0.560. The smallest absolute Gasteiger partial charge is 0.303 e. The number of hydrogen-bond donors (Lipinski definition) is 0. The third-order valence-corrected chi connectivity index (χ3v) is 5.16. The van der Waals surface area contributed by atoms with E-state index in [0.29, 0.717) is 5.03 Å². The summed E-state index contributed by atoms with van der Waals surface area (Å²) in [5.41, 5.74) is 0. The van der Waals surface area contributed by atoms with Crippen molar-refractivity contribution in [3.63, 3.8) is 0 Å². The van der Waals surface area contributed by atoms with Crippen LogP contribution in [0.25, 0.3) is 0 Å². The van der Waals surface area contributed by atoms with Gasteiger partial charge in [0.25, 0.3) is 0 Å². The van der Waals surface area contributed by atoms with Crippen molar-refractivity contribution in [1.82, 2.24) is 0 Å². The van der Waals surface area contributed by atoms with E-state index in [1.165, 1.54) is 6.92 Å². The van der Waals surface area contributed by atoms with Crippen molar-refractivity contribution in [1.29, 1.82) is 0 Å². The van der Waals surface area contributed by atoms with E-state index in [0.717, 1.165) is 6.42 Å². The van der Waals surface area contributed by atoms with Crippen LogP contribution in [-0.4, -0.2) is 30.1 Å². The van der Waals surface area contributed by atoms with Crippen LogP contribution in [0.5, 0.6) is 0 Å². The highest BCUT2D eigenvalue weighted by atomic mass is 35.5. The number of halogens is 1. The lowest BCUT2D eigenvalue weighted by Crippen LogP contribution is -2.51. The summed E-state index contributed by atoms with van der Waals surface area (Å²) in [6.45, 7) is 1.36. The zero-order valence-corrected chi connectivity index (χ0v) is 10.6. The Hall–Kier alpha value is -0.870. The van der Waals surface area contributed by atoms with Gasteiger partial charge >= 0.3 is 5.97 Å². The average Bonchev–Trinajstić information content (AvgIpc) is 2.75. The molecule has 5 rings (SSSR count). The predicted molar refractivity (Wildman–Crippen MR) is 61.7 cm³/mol. The van der Waals surface area contributed by atoms with E-state index in [2.05, 4.69) is 0 Å². The van der Waals surface area contributed by atoms with Crippen LogP contribution in [0.15, 0.2) is 11.1 Å². The quantitative estimate of drug-likeness (QED) is 0.672. The lowest BCUT2D eigenvalue weighted by molar-refractivity contribution is -0.154. The molecule has 0 N–H and O–H groups in total. The SMILES string of the molecule is CC(=O)OC1C(Cl)=CC2C3CC4OC2C1C4C3=O. The van der Waals surface area contributed by atoms with E-state index in [-0.39, 0.29) is 47.6 Å². The zero-order valence-electron chi connectivity index (χ0n) is 9.84. The maximum atomic E-state index is 12.3. The van der Waals surface area contributed by atoms with Gasteiger partial charge in [-0.2, -0.15) is 0 Å². The predicted octanol–water partition coefficient (Wildman–Crippen LogP) is 1.27. The van der Waals surface area contributed by atoms with Crippen molar-refractivity contribution in [2.24, 2.45) is 23.7 Å². The van der Waals surface area contributed by atoms with Crippen LogP contribution in [0.3, 0.4) is 0 Å². The van der Waals surface area contributed by atoms with Crippen molar-refractivity contribution >= 4 is 23.4 Å². The molecule has 0 spiro atoms. The molecule has 7 atom stereocenters. The van der Waals surface area contributed by atoms with Crippen molar-refractivity contribution in [2.45, 2.75) is 31.7 Å². The fourth-order valence-corrected chi connectivity index (χ4v) is 4.62. The minimum atomic E-state index is -0.497. The lowest BCUT2D eigenvalue weighted by atomic mass is 9.66. The highest BCUT2D eigenvalue weighted by Crippen LogP contribution is 2.59. The van der Waals surface area contributed by atoms with E-state index in [9.17, 15) is 9.59 Å². The molecule has 5 heteroatoms. The first-order chi connectivity index (χ1) is 8.58. The maximum absolute atomic E-state index is 12.3. The number of hydrogen-bond acceptors (Lipinski definition) is 4. The van der Waals surface area contributed by atoms with Gasteiger partial charge in [0.15, 0.2) is 0 Å². The Kier molecular flexibility index (Phi) is 2.06. The van der Waals surface area contributed by atoms with E-state index >= 15 is 0 Å². The minimum Gasteiger partial charge on any atom is -0.456 e. The number of ketones is 1. The monoisotopic (exact) mass is 268 g/mol. The molecule has 6 bridgehead atoms. The van der Waals surface area contributed by atoms with E-state index in [1.54, 1.807) is 0 Å². The summed E-state index contributed by atoms with van der Waals surface area (Å²) in [6.07, 6.45) is 2.19. The normalized spacial score (nSPS) is 51.6. The Labute approximate surface area is 109 Å². The van der Waals surface area contributed by atoms with Gasteiger partial charge < -0.3 is 9.47 Å². The fraction of sp³-hybridized carbons (Fsp3) is 0.692. The number of Topliss-reactive ketones (excluding diaryl/α,β-unsaturated/α-hetero) is 1. The third kappa shape index (κ3) is 1.16. The number of carbonyl (C=O) groups is 2. The maximum Gasteiger partial charge on any atom is 0.303 e. The summed E-state index contributed by atoms with van der Waals surface area (Å²) < 4.78 is 11.2. The second-order valence-corrected chi connectivity index (χ2v) is 6.08. The van der Waals surface area contributed by atoms with Gasteiger partial charge in [0.05, 0.1) is 23.2 Å². The van der Waals surface area contributed by atoms with E-state index < -0.39 is 6.10 Å². The molecule has 18 heavy (non-hydrogen) atoms. The van der Waals surface area contributed by atoms with Crippen LogP contribution >= 0.6 is 11.6 Å². The number of rotatable bonds is 1. The molecule has 2 aliphatic heterocycles. The van der Waals surface area contributed by atoms with Crippen molar-refractivity contribution in [2.75, 3.05) is 0 Å². The summed E-state index contributed by atoms with van der Waals surface area (Å²) in [6, 6.07) is 0. The highest BCUT2D eigenvalue weighted by Gasteiger charge is 2.68. The molecule has 4 fully saturated rings. The van der Waals surface area contributed by atoms with Crippen LogP contribution in [-0.2, 0) is 19.1 Å². The first-order valence-corrected chi connectivity index (χ1v) is 6.69. The van der Waals surface area contributed by atoms with Crippen LogP contribution in [0.4, 0.5) is 0 Å². The van der Waals surface area contributed by atoms with Crippen molar-refractivity contribution < 1.29 is 19.1 Å². The van der Waals surface area contributed by atoms with Crippen molar-refractivity contribution in [3.8, 4) is 0 Å². The van der Waals surface area contributed by atoms with Gasteiger partial charge in [0.1, 0.15) is 11.9 Å². The van der Waals surface area contributed by atoms with Crippen LogP contribution in [0.1, 0.15) is 13.3 Å². The highest BCUT2D eigenvalue weighted by molar-refractivity contribution is 6.30. The first kappa shape index (κ1) is 11.0. The largest absolute Gasteiger partial charge is 0.456 e. The molecule has 0 aromatic rings. The van der Waals surface area contributed by atoms with Gasteiger partial charge in [0.2, 0.25) is 0 Å². The Morgan fingerprint density at radius 1 is 1.56 bits per heavy atom. The van der Waals surface area contributed by atoms with Crippen LogP contribution < -0.4 is 0 Å². The molecule has 4 nitrogen and oxygen atoms in total. The minimum absolute atomic E-state index is 0.00306. The standard InChI is InChI=1S/C13H13ClO4/c1-4(15)17-13-7(14)2-6-5-3-8-9(11(5)16)10(13)12(6)18-8/h2,5-6,8-10,12-13H,3H2,1H3. The van der Waals surface area contributed by atoms with Gasteiger partial charge in [0, 0.05) is 24.7 Å². The van der Waals surface area contributed by atoms with Crippen LogP contribution in [0, 0.1) is 23.7 Å². The number of carbonyl (C=O) groups excluding carboxylic acids is 2.